The first kappa shape index (κ1) is 19.7. The maximum absolute atomic E-state index is 13.3. The molecule has 2 aromatic carbocycles. The number of anilines is 1. The zero-order chi connectivity index (χ0) is 21.1. The fourth-order valence-electron chi connectivity index (χ4n) is 3.07. The number of aromatic nitrogens is 2. The second kappa shape index (κ2) is 8.38. The lowest BCUT2D eigenvalue weighted by Gasteiger charge is -2.20. The third-order valence-electron chi connectivity index (χ3n) is 4.71. The van der Waals surface area contributed by atoms with Crippen LogP contribution in [0.25, 0.3) is 10.2 Å². The van der Waals surface area contributed by atoms with Gasteiger partial charge in [0.05, 0.1) is 21.7 Å². The first-order valence-electron chi connectivity index (χ1n) is 9.40. The first-order chi connectivity index (χ1) is 14.5. The number of pyridine rings is 1. The molecule has 0 unspecified atom stereocenters. The molecule has 1 amide bonds. The second-order valence-corrected chi connectivity index (χ2v) is 7.72. The monoisotopic (exact) mass is 418 g/mol. The smallest absolute Gasteiger partial charge is 0.269 e. The van der Waals surface area contributed by atoms with Gasteiger partial charge in [-0.1, -0.05) is 30.4 Å². The molecule has 7 nitrogen and oxygen atoms in total. The number of carbonyl (C=O) groups is 1. The van der Waals surface area contributed by atoms with Crippen molar-refractivity contribution in [3.05, 3.63) is 93.8 Å². The summed E-state index contributed by atoms with van der Waals surface area (Å²) < 4.78 is 1.01. The van der Waals surface area contributed by atoms with E-state index in [9.17, 15) is 14.9 Å². The minimum absolute atomic E-state index is 0.0579. The van der Waals surface area contributed by atoms with Crippen LogP contribution in [0.15, 0.2) is 67.0 Å². The van der Waals surface area contributed by atoms with E-state index in [1.54, 1.807) is 17.3 Å². The summed E-state index contributed by atoms with van der Waals surface area (Å²) >= 11 is 1.45. The highest BCUT2D eigenvalue weighted by Gasteiger charge is 2.22. The summed E-state index contributed by atoms with van der Waals surface area (Å²) in [6, 6.07) is 15.4. The number of nitrogens with zero attached hydrogens (tertiary/aromatic N) is 4. The Morgan fingerprint density at radius 1 is 1.13 bits per heavy atom. The molecule has 0 aliphatic carbocycles. The van der Waals surface area contributed by atoms with Crippen LogP contribution in [0.1, 0.15) is 28.4 Å². The minimum atomic E-state index is -0.486. The molecule has 0 saturated heterocycles. The molecule has 0 fully saturated rings. The predicted octanol–water partition coefficient (Wildman–Crippen LogP) is 5.01. The summed E-state index contributed by atoms with van der Waals surface area (Å²) in [6.45, 7) is 2.39. The molecule has 2 heterocycles. The van der Waals surface area contributed by atoms with Crippen molar-refractivity contribution in [3.8, 4) is 0 Å². The Bertz CT molecular complexity index is 1210. The number of hydrogen-bond donors (Lipinski definition) is 0. The lowest BCUT2D eigenvalue weighted by Crippen LogP contribution is -2.30. The molecule has 4 aromatic rings. The van der Waals surface area contributed by atoms with Crippen LogP contribution in [0.4, 0.5) is 10.8 Å². The van der Waals surface area contributed by atoms with Crippen molar-refractivity contribution >= 4 is 38.3 Å². The van der Waals surface area contributed by atoms with Crippen LogP contribution in [0, 0.1) is 10.1 Å². The van der Waals surface area contributed by atoms with Crippen LogP contribution < -0.4 is 4.90 Å². The predicted molar refractivity (Wildman–Crippen MR) is 117 cm³/mol. The summed E-state index contributed by atoms with van der Waals surface area (Å²) in [7, 11) is 0. The fourth-order valence-corrected chi connectivity index (χ4v) is 4.10. The number of hydrogen-bond acceptors (Lipinski definition) is 6. The van der Waals surface area contributed by atoms with E-state index >= 15 is 0 Å². The van der Waals surface area contributed by atoms with E-state index in [-0.39, 0.29) is 11.6 Å². The summed E-state index contributed by atoms with van der Waals surface area (Å²) in [6.07, 6.45) is 4.30. The standard InChI is InChI=1S/C22H18N4O3S/c1-2-15-5-10-19-20(12-15)30-22(24-19)25(14-16-4-3-11-23-13-16)21(27)17-6-8-18(9-7-17)26(28)29/h3-13H,2,14H2,1H3. The van der Waals surface area contributed by atoms with Crippen molar-refractivity contribution in [1.29, 1.82) is 0 Å². The van der Waals surface area contributed by atoms with Crippen LogP contribution in [0.5, 0.6) is 0 Å². The summed E-state index contributed by atoms with van der Waals surface area (Å²) in [5, 5.41) is 11.5. The minimum Gasteiger partial charge on any atom is -0.279 e. The number of aryl methyl sites for hydroxylation is 1. The molecule has 0 radical (unpaired) electrons. The van der Waals surface area contributed by atoms with E-state index in [4.69, 9.17) is 0 Å². The molecule has 4 rings (SSSR count). The van der Waals surface area contributed by atoms with Gasteiger partial charge in [0, 0.05) is 30.1 Å². The Balaban J connectivity index is 1.74. The van der Waals surface area contributed by atoms with Gasteiger partial charge in [0.15, 0.2) is 5.13 Å². The van der Waals surface area contributed by atoms with E-state index in [1.165, 1.54) is 41.2 Å². The Morgan fingerprint density at radius 2 is 1.93 bits per heavy atom. The summed E-state index contributed by atoms with van der Waals surface area (Å²) in [5.41, 5.74) is 3.20. The van der Waals surface area contributed by atoms with Crippen LogP contribution in [0.2, 0.25) is 0 Å². The molecule has 0 atom stereocenters. The zero-order valence-electron chi connectivity index (χ0n) is 16.2. The normalized spacial score (nSPS) is 10.8. The molecule has 150 valence electrons. The number of non-ortho nitro benzene ring substituents is 1. The van der Waals surface area contributed by atoms with E-state index in [2.05, 4.69) is 23.0 Å². The molecular weight excluding hydrogens is 400 g/mol. The average molecular weight is 418 g/mol. The molecule has 0 spiro atoms. The van der Waals surface area contributed by atoms with Gasteiger partial charge in [0.25, 0.3) is 11.6 Å². The Kier molecular flexibility index (Phi) is 5.49. The number of thiazole rings is 1. The van der Waals surface area contributed by atoms with E-state index < -0.39 is 4.92 Å². The third kappa shape index (κ3) is 4.04. The van der Waals surface area contributed by atoms with E-state index in [0.717, 1.165) is 22.2 Å². The van der Waals surface area contributed by atoms with E-state index in [1.807, 2.05) is 24.3 Å². The van der Waals surface area contributed by atoms with E-state index in [0.29, 0.717) is 17.2 Å². The highest BCUT2D eigenvalue weighted by molar-refractivity contribution is 7.22. The number of rotatable bonds is 6. The molecule has 8 heteroatoms. The lowest BCUT2D eigenvalue weighted by molar-refractivity contribution is -0.384. The number of fused-ring (bicyclic) bond motifs is 1. The van der Waals surface area contributed by atoms with Crippen molar-refractivity contribution in [2.75, 3.05) is 4.90 Å². The van der Waals surface area contributed by atoms with Crippen LogP contribution in [-0.2, 0) is 13.0 Å². The van der Waals surface area contributed by atoms with Crippen LogP contribution in [0.3, 0.4) is 0 Å². The van der Waals surface area contributed by atoms with Crippen molar-refractivity contribution in [2.24, 2.45) is 0 Å². The lowest BCUT2D eigenvalue weighted by atomic mass is 10.1. The number of nitro benzene ring substituents is 1. The SMILES string of the molecule is CCc1ccc2nc(N(Cc3cccnc3)C(=O)c3ccc([N+](=O)[O-])cc3)sc2c1. The highest BCUT2D eigenvalue weighted by atomic mass is 32.1. The third-order valence-corrected chi connectivity index (χ3v) is 5.76. The van der Waals surface area contributed by atoms with Crippen molar-refractivity contribution in [3.63, 3.8) is 0 Å². The highest BCUT2D eigenvalue weighted by Crippen LogP contribution is 2.31. The number of nitro groups is 1. The molecule has 0 bridgehead atoms. The van der Waals surface area contributed by atoms with Gasteiger partial charge in [0.1, 0.15) is 0 Å². The second-order valence-electron chi connectivity index (χ2n) is 6.71. The van der Waals surface area contributed by atoms with Gasteiger partial charge in [-0.15, -0.1) is 0 Å². The van der Waals surface area contributed by atoms with Crippen LogP contribution >= 0.6 is 11.3 Å². The maximum atomic E-state index is 13.3. The maximum Gasteiger partial charge on any atom is 0.269 e. The van der Waals surface area contributed by atoms with Gasteiger partial charge in [-0.3, -0.25) is 24.8 Å². The Morgan fingerprint density at radius 3 is 2.60 bits per heavy atom. The van der Waals surface area contributed by atoms with Crippen LogP contribution in [-0.4, -0.2) is 20.8 Å². The first-order valence-corrected chi connectivity index (χ1v) is 10.2. The molecule has 2 aromatic heterocycles. The van der Waals surface area contributed by atoms with Crippen molar-refractivity contribution < 1.29 is 9.72 Å². The molecule has 0 N–H and O–H groups in total. The molecular formula is C22H18N4O3S. The number of carbonyl (C=O) groups excluding carboxylic acids is 1. The van der Waals surface area contributed by atoms with Crippen molar-refractivity contribution in [1.82, 2.24) is 9.97 Å². The quantitative estimate of drug-likeness (QED) is 0.324. The molecule has 0 aliphatic heterocycles. The molecule has 0 saturated carbocycles. The van der Waals surface area contributed by atoms with Gasteiger partial charge >= 0.3 is 0 Å². The average Bonchev–Trinajstić information content (AvgIpc) is 3.20. The number of amides is 1. The van der Waals surface area contributed by atoms with Gasteiger partial charge < -0.3 is 0 Å². The summed E-state index contributed by atoms with van der Waals surface area (Å²) in [5.74, 6) is -0.275. The van der Waals surface area contributed by atoms with Gasteiger partial charge in [-0.25, -0.2) is 4.98 Å². The Hall–Kier alpha value is -3.65. The molecule has 0 aliphatic rings. The fraction of sp³-hybridized carbons (Fsp3) is 0.136. The van der Waals surface area contributed by atoms with Crippen molar-refractivity contribution in [2.45, 2.75) is 19.9 Å². The number of benzene rings is 2. The summed E-state index contributed by atoms with van der Waals surface area (Å²) in [4.78, 5) is 34.2. The Labute approximate surface area is 176 Å². The van der Waals surface area contributed by atoms with Gasteiger partial charge in [-0.2, -0.15) is 0 Å². The zero-order valence-corrected chi connectivity index (χ0v) is 17.0. The van der Waals surface area contributed by atoms with Gasteiger partial charge in [0.2, 0.25) is 0 Å². The molecule has 30 heavy (non-hydrogen) atoms. The topological polar surface area (TPSA) is 89.2 Å². The largest absolute Gasteiger partial charge is 0.279 e. The van der Waals surface area contributed by atoms with Gasteiger partial charge in [-0.05, 0) is 47.9 Å².